The summed E-state index contributed by atoms with van der Waals surface area (Å²) in [4.78, 5) is 49.4. The molecule has 0 heterocycles. The van der Waals surface area contributed by atoms with E-state index >= 15 is 0 Å². The predicted octanol–water partition coefficient (Wildman–Crippen LogP) is 6.81. The summed E-state index contributed by atoms with van der Waals surface area (Å²) in [6.45, 7) is 16.4. The molecule has 1 aromatic carbocycles. The largest absolute Gasteiger partial charge is 0.514 e. The number of benzene rings is 1. The summed E-state index contributed by atoms with van der Waals surface area (Å²) in [5.74, 6) is -3.25. The van der Waals surface area contributed by atoms with Gasteiger partial charge in [-0.3, -0.25) is 4.79 Å². The van der Waals surface area contributed by atoms with Crippen LogP contribution in [0, 0.1) is 11.3 Å². The van der Waals surface area contributed by atoms with Crippen LogP contribution in [0.5, 0.6) is 11.5 Å². The van der Waals surface area contributed by atoms with Crippen molar-refractivity contribution in [1.82, 2.24) is 0 Å². The topological polar surface area (TPSA) is 170 Å². The standard InChI is InChI=1S/C31H49NO11/c1-10-12-18(3)39-29(36)42-23-15-14-22(16-24(23)43-30(37)40-19(4)13-11-2)25(26(32)27(33)34)20(5)21(6)41-28(35)38-17-31(7,8)9/h14-16,18-21,25-26H,10-13,17,32H2,1-9H3,(H,33,34)/t18?,19?,20?,21?,25?,26-/m0/s1. The van der Waals surface area contributed by atoms with E-state index < -0.39 is 60.6 Å². The average molecular weight is 612 g/mol. The lowest BCUT2D eigenvalue weighted by molar-refractivity contribution is -0.139. The van der Waals surface area contributed by atoms with E-state index in [1.807, 2.05) is 34.6 Å². The number of carbonyl (C=O) groups excluding carboxylic acids is 3. The van der Waals surface area contributed by atoms with Crippen molar-refractivity contribution >= 4 is 24.4 Å². The fourth-order valence-electron chi connectivity index (χ4n) is 4.24. The second kappa shape index (κ2) is 17.5. The molecule has 0 bridgehead atoms. The normalized spacial score (nSPS) is 15.6. The van der Waals surface area contributed by atoms with E-state index in [-0.39, 0.29) is 23.5 Å². The van der Waals surface area contributed by atoms with Crippen LogP contribution in [0.4, 0.5) is 14.4 Å². The first-order valence-corrected chi connectivity index (χ1v) is 14.7. The van der Waals surface area contributed by atoms with Crippen LogP contribution in [0.25, 0.3) is 0 Å². The molecule has 3 N–H and O–H groups in total. The number of rotatable bonds is 15. The van der Waals surface area contributed by atoms with Gasteiger partial charge in [-0.15, -0.1) is 0 Å². The number of nitrogens with two attached hydrogens (primary N) is 1. The van der Waals surface area contributed by atoms with Crippen LogP contribution in [-0.2, 0) is 23.7 Å². The highest BCUT2D eigenvalue weighted by atomic mass is 16.8. The molecule has 0 aliphatic carbocycles. The third kappa shape index (κ3) is 13.5. The van der Waals surface area contributed by atoms with Gasteiger partial charge in [0.25, 0.3) is 0 Å². The van der Waals surface area contributed by atoms with Crippen molar-refractivity contribution in [2.45, 2.75) is 118 Å². The number of ether oxygens (including phenoxy) is 6. The van der Waals surface area contributed by atoms with Gasteiger partial charge in [-0.1, -0.05) is 60.5 Å². The number of hydrogen-bond donors (Lipinski definition) is 2. The highest BCUT2D eigenvalue weighted by Gasteiger charge is 2.36. The van der Waals surface area contributed by atoms with Crippen LogP contribution in [0.15, 0.2) is 18.2 Å². The van der Waals surface area contributed by atoms with E-state index in [1.54, 1.807) is 27.7 Å². The first kappa shape index (κ1) is 37.5. The van der Waals surface area contributed by atoms with Crippen molar-refractivity contribution in [3.05, 3.63) is 23.8 Å². The Hall–Kier alpha value is -3.54. The van der Waals surface area contributed by atoms with Gasteiger partial charge in [0.05, 0.1) is 6.61 Å². The van der Waals surface area contributed by atoms with Gasteiger partial charge in [-0.05, 0) is 56.7 Å². The zero-order valence-electron chi connectivity index (χ0n) is 26.8. The highest BCUT2D eigenvalue weighted by molar-refractivity contribution is 5.75. The molecule has 5 unspecified atom stereocenters. The Morgan fingerprint density at radius 2 is 1.33 bits per heavy atom. The van der Waals surface area contributed by atoms with Crippen molar-refractivity contribution in [2.75, 3.05) is 6.61 Å². The molecule has 6 atom stereocenters. The molecule has 0 aliphatic heterocycles. The zero-order chi connectivity index (χ0) is 32.9. The Bertz CT molecular complexity index is 1070. The van der Waals surface area contributed by atoms with Gasteiger partial charge in [0.2, 0.25) is 0 Å². The van der Waals surface area contributed by atoms with Crippen LogP contribution >= 0.6 is 0 Å². The van der Waals surface area contributed by atoms with E-state index in [0.717, 1.165) is 12.8 Å². The van der Waals surface area contributed by atoms with E-state index in [1.165, 1.54) is 18.2 Å². The molecule has 12 nitrogen and oxygen atoms in total. The molecule has 0 saturated carbocycles. The molecule has 0 fully saturated rings. The second-order valence-corrected chi connectivity index (χ2v) is 12.0. The van der Waals surface area contributed by atoms with Crippen molar-refractivity contribution < 1.29 is 52.7 Å². The maximum absolute atomic E-state index is 12.6. The molecule has 0 radical (unpaired) electrons. The quantitative estimate of drug-likeness (QED) is 0.121. The Morgan fingerprint density at radius 1 is 0.814 bits per heavy atom. The Labute approximate surface area is 254 Å². The summed E-state index contributed by atoms with van der Waals surface area (Å²) in [7, 11) is 0. The van der Waals surface area contributed by atoms with Crippen molar-refractivity contribution in [3.63, 3.8) is 0 Å². The third-order valence-corrected chi connectivity index (χ3v) is 6.61. The SMILES string of the molecule is CCCC(C)OC(=O)Oc1ccc(C(C(C)C(C)OC(=O)OCC(C)(C)C)[C@H](N)C(=O)O)cc1OC(=O)OC(C)CCC. The van der Waals surface area contributed by atoms with E-state index in [9.17, 15) is 24.3 Å². The number of aliphatic carboxylic acids is 1. The average Bonchev–Trinajstić information content (AvgIpc) is 2.88. The molecule has 0 saturated heterocycles. The number of hydrogen-bond acceptors (Lipinski definition) is 11. The molecule has 0 spiro atoms. The van der Waals surface area contributed by atoms with Crippen LogP contribution < -0.4 is 15.2 Å². The minimum atomic E-state index is -1.44. The van der Waals surface area contributed by atoms with Gasteiger partial charge in [-0.25, -0.2) is 14.4 Å². The summed E-state index contributed by atoms with van der Waals surface area (Å²) in [6, 6.07) is 2.74. The lowest BCUT2D eigenvalue weighted by atomic mass is 9.79. The Kier molecular flexibility index (Phi) is 15.3. The van der Waals surface area contributed by atoms with Gasteiger partial charge in [-0.2, -0.15) is 0 Å². The fraction of sp³-hybridized carbons (Fsp3) is 0.677. The van der Waals surface area contributed by atoms with E-state index in [0.29, 0.717) is 18.4 Å². The summed E-state index contributed by atoms with van der Waals surface area (Å²) in [5, 5.41) is 9.82. The van der Waals surface area contributed by atoms with Gasteiger partial charge in [0.1, 0.15) is 24.4 Å². The molecule has 244 valence electrons. The summed E-state index contributed by atoms with van der Waals surface area (Å²) in [5.41, 5.74) is 6.17. The summed E-state index contributed by atoms with van der Waals surface area (Å²) in [6.07, 6.45) is -1.82. The fourth-order valence-corrected chi connectivity index (χ4v) is 4.24. The maximum Gasteiger partial charge on any atom is 0.514 e. The molecule has 0 amide bonds. The zero-order valence-corrected chi connectivity index (χ0v) is 26.8. The number of carboxylic acids is 1. The molecule has 0 aliphatic rings. The van der Waals surface area contributed by atoms with Gasteiger partial charge < -0.3 is 39.3 Å². The lowest BCUT2D eigenvalue weighted by Gasteiger charge is -2.31. The number of carbonyl (C=O) groups is 4. The molecule has 1 aromatic rings. The van der Waals surface area contributed by atoms with Gasteiger partial charge in [0.15, 0.2) is 11.5 Å². The molecule has 1 rings (SSSR count). The summed E-state index contributed by atoms with van der Waals surface area (Å²) >= 11 is 0. The highest BCUT2D eigenvalue weighted by Crippen LogP contribution is 2.37. The van der Waals surface area contributed by atoms with E-state index in [2.05, 4.69) is 0 Å². The summed E-state index contributed by atoms with van der Waals surface area (Å²) < 4.78 is 31.9. The molecule has 0 aromatic heterocycles. The van der Waals surface area contributed by atoms with E-state index in [4.69, 9.17) is 34.2 Å². The molecule has 12 heteroatoms. The van der Waals surface area contributed by atoms with Gasteiger partial charge in [0, 0.05) is 11.8 Å². The molecule has 43 heavy (non-hydrogen) atoms. The van der Waals surface area contributed by atoms with Crippen molar-refractivity contribution in [3.8, 4) is 11.5 Å². The predicted molar refractivity (Wildman–Crippen MR) is 158 cm³/mol. The van der Waals surface area contributed by atoms with Gasteiger partial charge >= 0.3 is 24.4 Å². The van der Waals surface area contributed by atoms with Crippen LogP contribution in [0.2, 0.25) is 0 Å². The number of carboxylic acid groups (broad SMARTS) is 1. The van der Waals surface area contributed by atoms with Crippen LogP contribution in [0.3, 0.4) is 0 Å². The monoisotopic (exact) mass is 611 g/mol. The minimum absolute atomic E-state index is 0.125. The molecular formula is C31H49NO11. The van der Waals surface area contributed by atoms with Crippen LogP contribution in [0.1, 0.15) is 99.5 Å². The molecular weight excluding hydrogens is 562 g/mol. The Balaban J connectivity index is 3.40. The second-order valence-electron chi connectivity index (χ2n) is 12.0. The maximum atomic E-state index is 12.6. The van der Waals surface area contributed by atoms with Crippen molar-refractivity contribution in [1.29, 1.82) is 0 Å². The Morgan fingerprint density at radius 3 is 1.79 bits per heavy atom. The third-order valence-electron chi connectivity index (χ3n) is 6.61. The first-order chi connectivity index (χ1) is 20.0. The smallest absolute Gasteiger partial charge is 0.480 e. The minimum Gasteiger partial charge on any atom is -0.480 e. The lowest BCUT2D eigenvalue weighted by Crippen LogP contribution is -2.42. The van der Waals surface area contributed by atoms with Crippen LogP contribution in [-0.4, -0.2) is 60.5 Å². The first-order valence-electron chi connectivity index (χ1n) is 14.7. The van der Waals surface area contributed by atoms with Crippen molar-refractivity contribution in [2.24, 2.45) is 17.1 Å².